The molecule has 2 aliphatic heterocycles. The Morgan fingerprint density at radius 2 is 1.87 bits per heavy atom. The van der Waals surface area contributed by atoms with Crippen LogP contribution < -0.4 is 15.5 Å². The Hall–Kier alpha value is -1.38. The third kappa shape index (κ3) is 1.52. The summed E-state index contributed by atoms with van der Waals surface area (Å²) in [6, 6.07) is 6.51. The molecule has 1 aromatic rings. The number of rotatable bonds is 1. The van der Waals surface area contributed by atoms with Gasteiger partial charge in [0.05, 0.1) is 23.7 Å². The van der Waals surface area contributed by atoms with Gasteiger partial charge in [0.25, 0.3) is 0 Å². The summed E-state index contributed by atoms with van der Waals surface area (Å²) in [5, 5.41) is 6.76. The Bertz CT molecular complexity index is 356. The van der Waals surface area contributed by atoms with E-state index in [1.54, 1.807) is 0 Å². The van der Waals surface area contributed by atoms with Gasteiger partial charge in [-0.05, 0) is 31.4 Å². The highest BCUT2D eigenvalue weighted by molar-refractivity contribution is 5.86. The Labute approximate surface area is 90.5 Å². The van der Waals surface area contributed by atoms with Gasteiger partial charge in [-0.3, -0.25) is 0 Å². The molecule has 1 fully saturated rings. The largest absolute Gasteiger partial charge is 0.370 e. The van der Waals surface area contributed by atoms with Gasteiger partial charge < -0.3 is 15.5 Å². The molecule has 2 aliphatic rings. The molecule has 0 aliphatic carbocycles. The Kier molecular flexibility index (Phi) is 2.16. The zero-order chi connectivity index (χ0) is 10.1. The lowest BCUT2D eigenvalue weighted by molar-refractivity contribution is 0.578. The maximum absolute atomic E-state index is 3.41. The number of hydrogen-bond donors (Lipinski definition) is 2. The number of hydrogen-bond acceptors (Lipinski definition) is 3. The summed E-state index contributed by atoms with van der Waals surface area (Å²) in [6.45, 7) is 3.27. The van der Waals surface area contributed by atoms with Crippen LogP contribution in [-0.4, -0.2) is 19.8 Å². The third-order valence-corrected chi connectivity index (χ3v) is 3.28. The third-order valence-electron chi connectivity index (χ3n) is 3.28. The Morgan fingerprint density at radius 1 is 1.00 bits per heavy atom. The average Bonchev–Trinajstić information content (AvgIpc) is 2.78. The first-order valence-electron chi connectivity index (χ1n) is 5.81. The van der Waals surface area contributed by atoms with Crippen LogP contribution in [0.15, 0.2) is 18.2 Å². The number of nitrogens with one attached hydrogen (secondary N) is 2. The van der Waals surface area contributed by atoms with Crippen molar-refractivity contribution in [1.82, 2.24) is 0 Å². The SMILES string of the molecule is c1cc2c(c(N3CCCCC3)c1)NCN2. The van der Waals surface area contributed by atoms with E-state index in [1.807, 2.05) is 0 Å². The van der Waals surface area contributed by atoms with Crippen molar-refractivity contribution in [3.63, 3.8) is 0 Å². The van der Waals surface area contributed by atoms with Crippen molar-refractivity contribution >= 4 is 17.1 Å². The molecule has 3 rings (SSSR count). The fourth-order valence-electron chi connectivity index (χ4n) is 2.50. The highest BCUT2D eigenvalue weighted by Gasteiger charge is 2.18. The van der Waals surface area contributed by atoms with Crippen molar-refractivity contribution in [2.24, 2.45) is 0 Å². The highest BCUT2D eigenvalue weighted by Crippen LogP contribution is 2.37. The van der Waals surface area contributed by atoms with E-state index in [2.05, 4.69) is 33.7 Å². The molecule has 3 heteroatoms. The van der Waals surface area contributed by atoms with Crippen molar-refractivity contribution in [3.8, 4) is 0 Å². The van der Waals surface area contributed by atoms with E-state index in [-0.39, 0.29) is 0 Å². The normalized spacial score (nSPS) is 19.3. The van der Waals surface area contributed by atoms with Crippen LogP contribution >= 0.6 is 0 Å². The monoisotopic (exact) mass is 203 g/mol. The second kappa shape index (κ2) is 3.65. The van der Waals surface area contributed by atoms with Gasteiger partial charge in [-0.15, -0.1) is 0 Å². The van der Waals surface area contributed by atoms with E-state index in [9.17, 15) is 0 Å². The average molecular weight is 203 g/mol. The van der Waals surface area contributed by atoms with Crippen LogP contribution in [0.1, 0.15) is 19.3 Å². The lowest BCUT2D eigenvalue weighted by atomic mass is 10.1. The first-order valence-corrected chi connectivity index (χ1v) is 5.81. The number of fused-ring (bicyclic) bond motifs is 1. The molecule has 0 spiro atoms. The minimum absolute atomic E-state index is 0.861. The van der Waals surface area contributed by atoms with Crippen LogP contribution in [0.3, 0.4) is 0 Å². The van der Waals surface area contributed by atoms with E-state index in [1.165, 1.54) is 49.4 Å². The lowest BCUT2D eigenvalue weighted by Crippen LogP contribution is -2.29. The lowest BCUT2D eigenvalue weighted by Gasteiger charge is -2.30. The molecular weight excluding hydrogens is 186 g/mol. The number of para-hydroxylation sites is 1. The van der Waals surface area contributed by atoms with Crippen LogP contribution in [0.4, 0.5) is 17.1 Å². The molecule has 0 radical (unpaired) electrons. The predicted octanol–water partition coefficient (Wildman–Crippen LogP) is 2.47. The number of anilines is 3. The van der Waals surface area contributed by atoms with Crippen molar-refractivity contribution in [2.75, 3.05) is 35.3 Å². The Morgan fingerprint density at radius 3 is 2.73 bits per heavy atom. The van der Waals surface area contributed by atoms with E-state index in [0.717, 1.165) is 6.67 Å². The van der Waals surface area contributed by atoms with Crippen LogP contribution in [0.2, 0.25) is 0 Å². The molecule has 15 heavy (non-hydrogen) atoms. The molecule has 80 valence electrons. The molecule has 1 saturated heterocycles. The molecule has 0 bridgehead atoms. The van der Waals surface area contributed by atoms with E-state index >= 15 is 0 Å². The van der Waals surface area contributed by atoms with Crippen molar-refractivity contribution < 1.29 is 0 Å². The van der Waals surface area contributed by atoms with Crippen LogP contribution in [0, 0.1) is 0 Å². The summed E-state index contributed by atoms with van der Waals surface area (Å²) in [7, 11) is 0. The van der Waals surface area contributed by atoms with Gasteiger partial charge in [-0.2, -0.15) is 0 Å². The van der Waals surface area contributed by atoms with E-state index < -0.39 is 0 Å². The maximum Gasteiger partial charge on any atom is 0.0851 e. The number of benzene rings is 1. The summed E-state index contributed by atoms with van der Waals surface area (Å²) in [4.78, 5) is 2.50. The summed E-state index contributed by atoms with van der Waals surface area (Å²) in [5.74, 6) is 0. The standard InChI is InChI=1S/C12H17N3/c1-2-7-15(8-3-1)11-6-4-5-10-12(11)14-9-13-10/h4-6,13-14H,1-3,7-9H2. The minimum atomic E-state index is 0.861. The summed E-state index contributed by atoms with van der Waals surface area (Å²) in [5.41, 5.74) is 3.91. The molecule has 0 atom stereocenters. The zero-order valence-electron chi connectivity index (χ0n) is 8.92. The molecular formula is C12H17N3. The summed E-state index contributed by atoms with van der Waals surface area (Å²) in [6.07, 6.45) is 4.05. The predicted molar refractivity (Wildman–Crippen MR) is 64.6 cm³/mol. The van der Waals surface area contributed by atoms with Gasteiger partial charge in [-0.25, -0.2) is 0 Å². The van der Waals surface area contributed by atoms with Gasteiger partial charge in [0.1, 0.15) is 0 Å². The highest BCUT2D eigenvalue weighted by atomic mass is 15.2. The van der Waals surface area contributed by atoms with E-state index in [0.29, 0.717) is 0 Å². The maximum atomic E-state index is 3.41. The molecule has 2 heterocycles. The first-order chi connectivity index (χ1) is 7.45. The van der Waals surface area contributed by atoms with Crippen LogP contribution in [0.5, 0.6) is 0 Å². The quantitative estimate of drug-likeness (QED) is 0.734. The second-order valence-corrected chi connectivity index (χ2v) is 4.28. The fraction of sp³-hybridized carbons (Fsp3) is 0.500. The summed E-state index contributed by atoms with van der Waals surface area (Å²) >= 11 is 0. The second-order valence-electron chi connectivity index (χ2n) is 4.28. The molecule has 0 unspecified atom stereocenters. The van der Waals surface area contributed by atoms with Gasteiger partial charge in [0.15, 0.2) is 0 Å². The molecule has 0 aromatic heterocycles. The van der Waals surface area contributed by atoms with Gasteiger partial charge in [0, 0.05) is 13.1 Å². The molecule has 3 nitrogen and oxygen atoms in total. The van der Waals surface area contributed by atoms with Gasteiger partial charge in [-0.1, -0.05) is 6.07 Å². The zero-order valence-corrected chi connectivity index (χ0v) is 8.92. The van der Waals surface area contributed by atoms with Crippen molar-refractivity contribution in [2.45, 2.75) is 19.3 Å². The van der Waals surface area contributed by atoms with Gasteiger partial charge >= 0.3 is 0 Å². The smallest absolute Gasteiger partial charge is 0.0851 e. The van der Waals surface area contributed by atoms with Crippen LogP contribution in [-0.2, 0) is 0 Å². The molecule has 0 saturated carbocycles. The van der Waals surface area contributed by atoms with Crippen molar-refractivity contribution in [3.05, 3.63) is 18.2 Å². The van der Waals surface area contributed by atoms with Crippen molar-refractivity contribution in [1.29, 1.82) is 0 Å². The fourth-order valence-corrected chi connectivity index (χ4v) is 2.50. The molecule has 2 N–H and O–H groups in total. The van der Waals surface area contributed by atoms with E-state index in [4.69, 9.17) is 0 Å². The first kappa shape index (κ1) is 8.89. The Balaban J connectivity index is 1.93. The topological polar surface area (TPSA) is 27.3 Å². The molecule has 0 amide bonds. The summed E-state index contributed by atoms with van der Waals surface area (Å²) < 4.78 is 0. The molecule has 1 aromatic carbocycles. The number of piperidine rings is 1. The van der Waals surface area contributed by atoms with Gasteiger partial charge in [0.2, 0.25) is 0 Å². The van der Waals surface area contributed by atoms with Crippen LogP contribution in [0.25, 0.3) is 0 Å². The number of nitrogens with zero attached hydrogens (tertiary/aromatic N) is 1. The minimum Gasteiger partial charge on any atom is -0.370 e.